The first-order chi connectivity index (χ1) is 10.8. The van der Waals surface area contributed by atoms with Crippen molar-refractivity contribution in [1.29, 1.82) is 0 Å². The number of carbonyl (C=O) groups excluding carboxylic acids is 1. The fourth-order valence-electron chi connectivity index (χ4n) is 3.22. The Morgan fingerprint density at radius 2 is 2.09 bits per heavy atom. The molecule has 4 heteroatoms. The van der Waals surface area contributed by atoms with E-state index >= 15 is 0 Å². The second kappa shape index (κ2) is 5.54. The van der Waals surface area contributed by atoms with Crippen molar-refractivity contribution in [2.45, 2.75) is 18.9 Å². The van der Waals surface area contributed by atoms with Crippen molar-refractivity contribution in [3.8, 4) is 0 Å². The fraction of sp³-hybridized carbons (Fsp3) is 0.222. The van der Waals surface area contributed by atoms with Crippen LogP contribution in [0.25, 0.3) is 10.9 Å². The van der Waals surface area contributed by atoms with Gasteiger partial charge in [-0.25, -0.2) is 0 Å². The Kier molecular flexibility index (Phi) is 3.39. The van der Waals surface area contributed by atoms with Crippen molar-refractivity contribution in [3.05, 3.63) is 64.5 Å². The van der Waals surface area contributed by atoms with Gasteiger partial charge in [0.2, 0.25) is 0 Å². The zero-order valence-corrected chi connectivity index (χ0v) is 12.9. The highest BCUT2D eigenvalue weighted by atomic mass is 32.1. The summed E-state index contributed by atoms with van der Waals surface area (Å²) >= 11 is 1.73. The maximum atomic E-state index is 13.1. The third-order valence-electron chi connectivity index (χ3n) is 4.25. The van der Waals surface area contributed by atoms with Crippen LogP contribution in [0.3, 0.4) is 0 Å². The lowest BCUT2D eigenvalue weighted by Crippen LogP contribution is -2.30. The summed E-state index contributed by atoms with van der Waals surface area (Å²) in [6, 6.07) is 14.1. The molecule has 4 rings (SSSR count). The lowest BCUT2D eigenvalue weighted by molar-refractivity contribution is 0.0739. The standard InChI is InChI=1S/C18H16N2OS/c21-18(14-7-1-5-13-6-2-10-19-17(13)14)20-11-3-8-15(20)16-9-4-12-22-16/h1-2,4-7,9-10,12,15H,3,8,11H2. The van der Waals surface area contributed by atoms with Gasteiger partial charge in [0, 0.05) is 23.0 Å². The van der Waals surface area contributed by atoms with Gasteiger partial charge in [-0.3, -0.25) is 9.78 Å². The van der Waals surface area contributed by atoms with Gasteiger partial charge in [0.25, 0.3) is 5.91 Å². The number of pyridine rings is 1. The van der Waals surface area contributed by atoms with Gasteiger partial charge in [-0.2, -0.15) is 0 Å². The molecule has 0 N–H and O–H groups in total. The summed E-state index contributed by atoms with van der Waals surface area (Å²) in [6.07, 6.45) is 3.86. The molecular weight excluding hydrogens is 292 g/mol. The molecule has 0 bridgehead atoms. The molecule has 1 aliphatic rings. The number of hydrogen-bond donors (Lipinski definition) is 0. The molecule has 1 amide bonds. The van der Waals surface area contributed by atoms with Gasteiger partial charge in [-0.05, 0) is 36.4 Å². The predicted octanol–water partition coefficient (Wildman–Crippen LogP) is 4.27. The first-order valence-corrected chi connectivity index (χ1v) is 8.41. The highest BCUT2D eigenvalue weighted by Crippen LogP contribution is 2.36. The average molecular weight is 308 g/mol. The Morgan fingerprint density at radius 1 is 1.18 bits per heavy atom. The minimum absolute atomic E-state index is 0.0974. The second-order valence-electron chi connectivity index (χ2n) is 5.55. The van der Waals surface area contributed by atoms with E-state index < -0.39 is 0 Å². The normalized spacial score (nSPS) is 18.0. The first-order valence-electron chi connectivity index (χ1n) is 7.53. The Hall–Kier alpha value is -2.20. The largest absolute Gasteiger partial charge is 0.331 e. The van der Waals surface area contributed by atoms with Crippen LogP contribution in [0, 0.1) is 0 Å². The van der Waals surface area contributed by atoms with Crippen LogP contribution in [0.1, 0.15) is 34.1 Å². The molecule has 0 radical (unpaired) electrons. The van der Waals surface area contributed by atoms with Crippen LogP contribution in [0.2, 0.25) is 0 Å². The SMILES string of the molecule is O=C(c1cccc2cccnc12)N1CCCC1c1cccs1. The maximum Gasteiger partial charge on any atom is 0.256 e. The highest BCUT2D eigenvalue weighted by molar-refractivity contribution is 7.10. The van der Waals surface area contributed by atoms with Crippen LogP contribution in [-0.4, -0.2) is 22.3 Å². The van der Waals surface area contributed by atoms with Crippen molar-refractivity contribution in [2.75, 3.05) is 6.54 Å². The molecule has 1 saturated heterocycles. The number of para-hydroxylation sites is 1. The van der Waals surface area contributed by atoms with E-state index in [1.54, 1.807) is 17.5 Å². The molecule has 22 heavy (non-hydrogen) atoms. The van der Waals surface area contributed by atoms with Gasteiger partial charge >= 0.3 is 0 Å². The van der Waals surface area contributed by atoms with Crippen LogP contribution < -0.4 is 0 Å². The number of rotatable bonds is 2. The van der Waals surface area contributed by atoms with Gasteiger partial charge < -0.3 is 4.90 Å². The van der Waals surface area contributed by atoms with Crippen molar-refractivity contribution < 1.29 is 4.79 Å². The summed E-state index contributed by atoms with van der Waals surface area (Å²) in [4.78, 5) is 20.8. The van der Waals surface area contributed by atoms with Crippen molar-refractivity contribution in [2.24, 2.45) is 0 Å². The molecule has 1 atom stereocenters. The molecule has 2 aromatic heterocycles. The molecule has 3 heterocycles. The second-order valence-corrected chi connectivity index (χ2v) is 6.53. The average Bonchev–Trinajstić information content (AvgIpc) is 3.24. The zero-order chi connectivity index (χ0) is 14.9. The molecule has 3 nitrogen and oxygen atoms in total. The molecular formula is C18H16N2OS. The first kappa shape index (κ1) is 13.5. The molecule has 1 aromatic carbocycles. The molecule has 0 saturated carbocycles. The Balaban J connectivity index is 1.74. The van der Waals surface area contributed by atoms with Gasteiger partial charge in [0.15, 0.2) is 0 Å². The number of likely N-dealkylation sites (tertiary alicyclic amines) is 1. The number of hydrogen-bond acceptors (Lipinski definition) is 3. The van der Waals surface area contributed by atoms with E-state index in [-0.39, 0.29) is 11.9 Å². The van der Waals surface area contributed by atoms with E-state index in [0.717, 1.165) is 30.3 Å². The van der Waals surface area contributed by atoms with Crippen molar-refractivity contribution >= 4 is 28.1 Å². The number of fused-ring (bicyclic) bond motifs is 1. The van der Waals surface area contributed by atoms with E-state index in [4.69, 9.17) is 0 Å². The quantitative estimate of drug-likeness (QED) is 0.708. The number of aromatic nitrogens is 1. The van der Waals surface area contributed by atoms with E-state index in [9.17, 15) is 4.79 Å². The van der Waals surface area contributed by atoms with Crippen LogP contribution in [0.4, 0.5) is 0 Å². The van der Waals surface area contributed by atoms with E-state index in [1.165, 1.54) is 4.88 Å². The molecule has 1 unspecified atom stereocenters. The summed E-state index contributed by atoms with van der Waals surface area (Å²) in [5.41, 5.74) is 1.51. The van der Waals surface area contributed by atoms with Crippen LogP contribution in [0.15, 0.2) is 54.0 Å². The molecule has 1 fully saturated rings. The lowest BCUT2D eigenvalue weighted by atomic mass is 10.1. The lowest BCUT2D eigenvalue weighted by Gasteiger charge is -2.24. The Labute approximate surface area is 133 Å². The van der Waals surface area contributed by atoms with Gasteiger partial charge in [0.05, 0.1) is 17.1 Å². The monoisotopic (exact) mass is 308 g/mol. The summed E-state index contributed by atoms with van der Waals surface area (Å²) < 4.78 is 0. The predicted molar refractivity (Wildman–Crippen MR) is 89.1 cm³/mol. The summed E-state index contributed by atoms with van der Waals surface area (Å²) in [5.74, 6) is 0.0974. The minimum atomic E-state index is 0.0974. The molecule has 3 aromatic rings. The number of benzene rings is 1. The summed E-state index contributed by atoms with van der Waals surface area (Å²) in [7, 11) is 0. The van der Waals surface area contributed by atoms with Gasteiger partial charge in [0.1, 0.15) is 0 Å². The third kappa shape index (κ3) is 2.20. The Morgan fingerprint density at radius 3 is 2.95 bits per heavy atom. The van der Waals surface area contributed by atoms with Crippen LogP contribution in [0.5, 0.6) is 0 Å². The maximum absolute atomic E-state index is 13.1. The topological polar surface area (TPSA) is 33.2 Å². The fourth-order valence-corrected chi connectivity index (χ4v) is 4.09. The van der Waals surface area contributed by atoms with E-state index in [0.29, 0.717) is 5.56 Å². The van der Waals surface area contributed by atoms with Crippen molar-refractivity contribution in [3.63, 3.8) is 0 Å². The van der Waals surface area contributed by atoms with E-state index in [1.807, 2.05) is 35.2 Å². The smallest absolute Gasteiger partial charge is 0.256 e. The third-order valence-corrected chi connectivity index (χ3v) is 5.22. The van der Waals surface area contributed by atoms with Gasteiger partial charge in [-0.15, -0.1) is 11.3 Å². The van der Waals surface area contributed by atoms with Crippen LogP contribution in [-0.2, 0) is 0 Å². The van der Waals surface area contributed by atoms with Crippen molar-refractivity contribution in [1.82, 2.24) is 9.88 Å². The Bertz CT molecular complexity index is 808. The zero-order valence-electron chi connectivity index (χ0n) is 12.1. The molecule has 1 aliphatic heterocycles. The number of nitrogens with zero attached hydrogens (tertiary/aromatic N) is 2. The molecule has 0 aliphatic carbocycles. The number of amides is 1. The number of thiophene rings is 1. The molecule has 110 valence electrons. The minimum Gasteiger partial charge on any atom is -0.331 e. The van der Waals surface area contributed by atoms with Crippen LogP contribution >= 0.6 is 11.3 Å². The van der Waals surface area contributed by atoms with Gasteiger partial charge in [-0.1, -0.05) is 24.3 Å². The summed E-state index contributed by atoms with van der Waals surface area (Å²) in [5, 5.41) is 3.09. The van der Waals surface area contributed by atoms with E-state index in [2.05, 4.69) is 22.5 Å². The number of carbonyl (C=O) groups is 1. The molecule has 0 spiro atoms. The summed E-state index contributed by atoms with van der Waals surface area (Å²) in [6.45, 7) is 0.824. The highest BCUT2D eigenvalue weighted by Gasteiger charge is 2.31.